The van der Waals surface area contributed by atoms with Crippen molar-refractivity contribution in [1.82, 2.24) is 0 Å². The Labute approximate surface area is 93.6 Å². The topological polar surface area (TPSA) is 23.8 Å². The van der Waals surface area contributed by atoms with E-state index in [4.69, 9.17) is 28.5 Å². The molecule has 0 aliphatic carbocycles. The molecule has 0 amide bonds. The van der Waals surface area contributed by atoms with Crippen LogP contribution < -0.4 is 0 Å². The molecular formula is C11H9Cl2N. The number of rotatable bonds is 3. The van der Waals surface area contributed by atoms with Gasteiger partial charge in [-0.25, -0.2) is 0 Å². The number of hydrogen-bond acceptors (Lipinski definition) is 1. The lowest BCUT2D eigenvalue weighted by Gasteiger charge is -1.97. The van der Waals surface area contributed by atoms with Crippen molar-refractivity contribution >= 4 is 29.3 Å². The minimum atomic E-state index is 0.580. The fourth-order valence-corrected chi connectivity index (χ4v) is 1.34. The first-order valence-corrected chi connectivity index (χ1v) is 5.11. The van der Waals surface area contributed by atoms with Crippen LogP contribution in [0.15, 0.2) is 24.3 Å². The third-order valence-corrected chi connectivity index (χ3v) is 2.16. The molecule has 0 spiro atoms. The summed E-state index contributed by atoms with van der Waals surface area (Å²) in [5.74, 6) is 0.589. The quantitative estimate of drug-likeness (QED) is 0.718. The standard InChI is InChI=1S/C11H9Cl2N/c12-6-2-1-3-9-4-5-11(13)7-10(9)8-14/h1,3-5,7H,2,6H2. The molecule has 0 aromatic heterocycles. The molecule has 0 unspecified atom stereocenters. The second kappa shape index (κ2) is 5.70. The summed E-state index contributed by atoms with van der Waals surface area (Å²) in [6.45, 7) is 0. The number of nitrogens with zero attached hydrogens (tertiary/aromatic N) is 1. The zero-order valence-corrected chi connectivity index (χ0v) is 9.02. The van der Waals surface area contributed by atoms with E-state index in [0.717, 1.165) is 12.0 Å². The van der Waals surface area contributed by atoms with Crippen molar-refractivity contribution < 1.29 is 0 Å². The lowest BCUT2D eigenvalue weighted by atomic mass is 10.1. The average molecular weight is 226 g/mol. The van der Waals surface area contributed by atoms with Crippen molar-refractivity contribution in [2.24, 2.45) is 0 Å². The van der Waals surface area contributed by atoms with E-state index in [1.807, 2.05) is 18.2 Å². The zero-order valence-electron chi connectivity index (χ0n) is 7.50. The second-order valence-corrected chi connectivity index (χ2v) is 3.54. The first-order valence-electron chi connectivity index (χ1n) is 4.20. The molecule has 1 aromatic rings. The lowest BCUT2D eigenvalue weighted by Crippen LogP contribution is -1.81. The van der Waals surface area contributed by atoms with Crippen LogP contribution in [0, 0.1) is 11.3 Å². The van der Waals surface area contributed by atoms with E-state index in [1.165, 1.54) is 0 Å². The smallest absolute Gasteiger partial charge is 0.0998 e. The van der Waals surface area contributed by atoms with Crippen LogP contribution in [0.2, 0.25) is 5.02 Å². The Morgan fingerprint density at radius 2 is 2.21 bits per heavy atom. The molecule has 72 valence electrons. The molecule has 0 aliphatic heterocycles. The summed E-state index contributed by atoms with van der Waals surface area (Å²) in [7, 11) is 0. The largest absolute Gasteiger partial charge is 0.192 e. The van der Waals surface area contributed by atoms with Gasteiger partial charge in [-0.05, 0) is 24.1 Å². The second-order valence-electron chi connectivity index (χ2n) is 2.72. The molecule has 0 saturated carbocycles. The van der Waals surface area contributed by atoms with E-state index in [-0.39, 0.29) is 0 Å². The van der Waals surface area contributed by atoms with Crippen LogP contribution in [-0.2, 0) is 0 Å². The van der Waals surface area contributed by atoms with Crippen molar-refractivity contribution in [3.05, 3.63) is 40.4 Å². The molecule has 14 heavy (non-hydrogen) atoms. The van der Waals surface area contributed by atoms with Gasteiger partial charge in [0.2, 0.25) is 0 Å². The van der Waals surface area contributed by atoms with Gasteiger partial charge in [-0.3, -0.25) is 0 Å². The highest BCUT2D eigenvalue weighted by molar-refractivity contribution is 6.30. The summed E-state index contributed by atoms with van der Waals surface area (Å²) in [6, 6.07) is 7.34. The number of hydrogen-bond donors (Lipinski definition) is 0. The maximum absolute atomic E-state index is 8.83. The number of halogens is 2. The molecule has 3 heteroatoms. The summed E-state index contributed by atoms with van der Waals surface area (Å²) in [6.07, 6.45) is 4.63. The molecule has 0 atom stereocenters. The average Bonchev–Trinajstić information content (AvgIpc) is 2.20. The van der Waals surface area contributed by atoms with Crippen LogP contribution in [0.4, 0.5) is 0 Å². The van der Waals surface area contributed by atoms with Gasteiger partial charge in [-0.1, -0.05) is 29.8 Å². The van der Waals surface area contributed by atoms with Crippen LogP contribution in [0.1, 0.15) is 17.5 Å². The highest BCUT2D eigenvalue weighted by atomic mass is 35.5. The van der Waals surface area contributed by atoms with Crippen molar-refractivity contribution in [1.29, 1.82) is 5.26 Å². The lowest BCUT2D eigenvalue weighted by molar-refractivity contribution is 1.24. The van der Waals surface area contributed by atoms with Gasteiger partial charge in [0.05, 0.1) is 11.6 Å². The van der Waals surface area contributed by atoms with Crippen molar-refractivity contribution in [3.63, 3.8) is 0 Å². The molecule has 0 saturated heterocycles. The summed E-state index contributed by atoms with van der Waals surface area (Å²) in [5.41, 5.74) is 1.46. The van der Waals surface area contributed by atoms with Gasteiger partial charge >= 0.3 is 0 Å². The summed E-state index contributed by atoms with van der Waals surface area (Å²) >= 11 is 11.3. The minimum absolute atomic E-state index is 0.580. The molecule has 0 radical (unpaired) electrons. The van der Waals surface area contributed by atoms with Crippen LogP contribution in [-0.4, -0.2) is 5.88 Å². The van der Waals surface area contributed by atoms with E-state index < -0.39 is 0 Å². The maximum atomic E-state index is 8.83. The van der Waals surface area contributed by atoms with E-state index in [0.29, 0.717) is 16.5 Å². The van der Waals surface area contributed by atoms with Gasteiger partial charge in [0.25, 0.3) is 0 Å². The Bertz CT molecular complexity index is 377. The Morgan fingerprint density at radius 1 is 1.43 bits per heavy atom. The van der Waals surface area contributed by atoms with E-state index >= 15 is 0 Å². The molecule has 1 rings (SSSR count). The first kappa shape index (κ1) is 11.1. The fraction of sp³-hybridized carbons (Fsp3) is 0.182. The molecule has 0 heterocycles. The Morgan fingerprint density at radius 3 is 2.86 bits per heavy atom. The Kier molecular flexibility index (Phi) is 4.52. The highest BCUT2D eigenvalue weighted by Gasteiger charge is 1.98. The molecule has 0 N–H and O–H groups in total. The van der Waals surface area contributed by atoms with Crippen LogP contribution >= 0.6 is 23.2 Å². The van der Waals surface area contributed by atoms with Crippen molar-refractivity contribution in [3.8, 4) is 6.07 Å². The third kappa shape index (κ3) is 3.06. The molecule has 0 fully saturated rings. The Balaban J connectivity index is 2.92. The minimum Gasteiger partial charge on any atom is -0.192 e. The predicted octanol–water partition coefficient (Wildman–Crippen LogP) is 3.85. The Hall–Kier alpha value is -0.970. The van der Waals surface area contributed by atoms with Crippen LogP contribution in [0.5, 0.6) is 0 Å². The van der Waals surface area contributed by atoms with Gasteiger partial charge in [0.1, 0.15) is 0 Å². The predicted molar refractivity (Wildman–Crippen MR) is 60.5 cm³/mol. The molecule has 0 aliphatic rings. The van der Waals surface area contributed by atoms with Gasteiger partial charge in [-0.2, -0.15) is 5.26 Å². The fourth-order valence-electron chi connectivity index (χ4n) is 1.04. The van der Waals surface area contributed by atoms with Gasteiger partial charge < -0.3 is 0 Å². The summed E-state index contributed by atoms with van der Waals surface area (Å²) in [4.78, 5) is 0. The molecule has 0 bridgehead atoms. The van der Waals surface area contributed by atoms with Crippen molar-refractivity contribution in [2.45, 2.75) is 6.42 Å². The number of benzene rings is 1. The SMILES string of the molecule is N#Cc1cc(Cl)ccc1C=CCCCl. The highest BCUT2D eigenvalue weighted by Crippen LogP contribution is 2.16. The zero-order chi connectivity index (χ0) is 10.4. The van der Waals surface area contributed by atoms with E-state index in [9.17, 15) is 0 Å². The number of alkyl halides is 1. The molecule has 1 aromatic carbocycles. The maximum Gasteiger partial charge on any atom is 0.0998 e. The van der Waals surface area contributed by atoms with Crippen LogP contribution in [0.3, 0.4) is 0 Å². The number of nitriles is 1. The monoisotopic (exact) mass is 225 g/mol. The normalized spacial score (nSPS) is 10.4. The van der Waals surface area contributed by atoms with E-state index in [2.05, 4.69) is 6.07 Å². The molecule has 1 nitrogen and oxygen atoms in total. The first-order chi connectivity index (χ1) is 6.77. The van der Waals surface area contributed by atoms with Gasteiger partial charge in [0.15, 0.2) is 0 Å². The number of allylic oxidation sites excluding steroid dienone is 1. The molecular weight excluding hydrogens is 217 g/mol. The van der Waals surface area contributed by atoms with Crippen LogP contribution in [0.25, 0.3) is 6.08 Å². The summed E-state index contributed by atoms with van der Waals surface area (Å²) in [5, 5.41) is 9.41. The van der Waals surface area contributed by atoms with Gasteiger partial charge in [0, 0.05) is 10.9 Å². The van der Waals surface area contributed by atoms with Crippen molar-refractivity contribution in [2.75, 3.05) is 5.88 Å². The summed E-state index contributed by atoms with van der Waals surface area (Å²) < 4.78 is 0. The van der Waals surface area contributed by atoms with E-state index in [1.54, 1.807) is 12.1 Å². The van der Waals surface area contributed by atoms with Gasteiger partial charge in [-0.15, -0.1) is 11.6 Å². The third-order valence-electron chi connectivity index (χ3n) is 1.71.